The minimum absolute atomic E-state index is 0.602. The maximum absolute atomic E-state index is 10.4. The predicted octanol–water partition coefficient (Wildman–Crippen LogP) is 2.45. The maximum Gasteiger partial charge on any atom is 0.120 e. The van der Waals surface area contributed by atoms with Crippen molar-refractivity contribution >= 4 is 5.94 Å². The molecular weight excluding hydrogens is 160 g/mol. The third-order valence-electron chi connectivity index (χ3n) is 4.56. The summed E-state index contributed by atoms with van der Waals surface area (Å²) < 4.78 is 0. The van der Waals surface area contributed by atoms with Gasteiger partial charge in [-0.15, -0.1) is 0 Å². The lowest BCUT2D eigenvalue weighted by molar-refractivity contribution is -0.0157. The fraction of sp³-hybridized carbons (Fsp3) is 0.833. The second kappa shape index (κ2) is 2.72. The molecule has 1 heteroatoms. The Morgan fingerprint density at radius 3 is 1.92 bits per heavy atom. The summed E-state index contributed by atoms with van der Waals surface area (Å²) in [5, 5.41) is 0. The molecule has 4 aliphatic rings. The highest BCUT2D eigenvalue weighted by atomic mass is 16.1. The lowest BCUT2D eigenvalue weighted by atomic mass is 9.52. The average molecular weight is 176 g/mol. The van der Waals surface area contributed by atoms with E-state index in [1.54, 1.807) is 0 Å². The lowest BCUT2D eigenvalue weighted by Crippen LogP contribution is -2.44. The van der Waals surface area contributed by atoms with Gasteiger partial charge in [-0.1, -0.05) is 0 Å². The molecule has 0 saturated heterocycles. The van der Waals surface area contributed by atoms with Gasteiger partial charge in [0.1, 0.15) is 5.94 Å². The van der Waals surface area contributed by atoms with Crippen molar-refractivity contribution in [1.29, 1.82) is 0 Å². The highest BCUT2D eigenvalue weighted by Gasteiger charge is 2.47. The zero-order chi connectivity index (χ0) is 8.84. The van der Waals surface area contributed by atoms with E-state index in [1.165, 1.54) is 32.1 Å². The van der Waals surface area contributed by atoms with Crippen LogP contribution in [0.15, 0.2) is 6.08 Å². The lowest BCUT2D eigenvalue weighted by Gasteiger charge is -2.53. The molecule has 4 bridgehead atoms. The van der Waals surface area contributed by atoms with Crippen molar-refractivity contribution in [2.75, 3.05) is 0 Å². The molecule has 70 valence electrons. The molecule has 0 aliphatic heterocycles. The smallest absolute Gasteiger partial charge is 0.120 e. The largest absolute Gasteiger partial charge is 0.234 e. The van der Waals surface area contributed by atoms with E-state index in [0.717, 1.165) is 23.7 Å². The van der Waals surface area contributed by atoms with Crippen LogP contribution in [-0.4, -0.2) is 5.94 Å². The second-order valence-electron chi connectivity index (χ2n) is 5.29. The van der Waals surface area contributed by atoms with Crippen molar-refractivity contribution < 1.29 is 4.79 Å². The van der Waals surface area contributed by atoms with Crippen molar-refractivity contribution in [3.8, 4) is 0 Å². The Hall–Kier alpha value is -0.550. The maximum atomic E-state index is 10.4. The summed E-state index contributed by atoms with van der Waals surface area (Å²) in [6, 6.07) is 0. The SMILES string of the molecule is O=C=CC1C2CC3CC(C2)CC1C3. The van der Waals surface area contributed by atoms with E-state index in [4.69, 9.17) is 0 Å². The molecule has 0 radical (unpaired) electrons. The van der Waals surface area contributed by atoms with Crippen LogP contribution in [0.2, 0.25) is 0 Å². The van der Waals surface area contributed by atoms with Crippen molar-refractivity contribution in [3.05, 3.63) is 6.08 Å². The standard InChI is InChI=1S/C12H16O/c13-2-1-12-10-4-8-3-9(6-10)7-11(12)5-8/h1,8-12H,3-7H2. The first kappa shape index (κ1) is 7.82. The predicted molar refractivity (Wildman–Crippen MR) is 50.8 cm³/mol. The summed E-state index contributed by atoms with van der Waals surface area (Å²) in [4.78, 5) is 10.4. The van der Waals surface area contributed by atoms with Gasteiger partial charge in [-0.25, -0.2) is 4.79 Å². The molecule has 4 aliphatic carbocycles. The van der Waals surface area contributed by atoms with E-state index in [-0.39, 0.29) is 0 Å². The van der Waals surface area contributed by atoms with Crippen LogP contribution in [0.25, 0.3) is 0 Å². The van der Waals surface area contributed by atoms with Crippen molar-refractivity contribution in [1.82, 2.24) is 0 Å². The second-order valence-corrected chi connectivity index (χ2v) is 5.29. The fourth-order valence-electron chi connectivity index (χ4n) is 4.32. The van der Waals surface area contributed by atoms with E-state index in [0.29, 0.717) is 5.92 Å². The first-order valence-electron chi connectivity index (χ1n) is 5.58. The molecule has 0 amide bonds. The molecule has 0 aromatic rings. The fourth-order valence-corrected chi connectivity index (χ4v) is 4.32. The van der Waals surface area contributed by atoms with Crippen molar-refractivity contribution in [2.24, 2.45) is 29.6 Å². The number of hydrogen-bond acceptors (Lipinski definition) is 1. The van der Waals surface area contributed by atoms with Gasteiger partial charge in [-0.3, -0.25) is 0 Å². The van der Waals surface area contributed by atoms with Crippen LogP contribution < -0.4 is 0 Å². The molecular formula is C12H16O. The molecule has 1 nitrogen and oxygen atoms in total. The topological polar surface area (TPSA) is 17.1 Å². The summed E-state index contributed by atoms with van der Waals surface area (Å²) in [6.45, 7) is 0. The number of rotatable bonds is 1. The monoisotopic (exact) mass is 176 g/mol. The average Bonchev–Trinajstić information content (AvgIpc) is 2.10. The Balaban J connectivity index is 1.89. The van der Waals surface area contributed by atoms with Gasteiger partial charge in [0.25, 0.3) is 0 Å². The minimum Gasteiger partial charge on any atom is -0.234 e. The molecule has 4 rings (SSSR count). The van der Waals surface area contributed by atoms with Gasteiger partial charge in [0.2, 0.25) is 0 Å². The zero-order valence-corrected chi connectivity index (χ0v) is 7.91. The van der Waals surface area contributed by atoms with Crippen LogP contribution in [-0.2, 0) is 4.79 Å². The van der Waals surface area contributed by atoms with Crippen molar-refractivity contribution in [2.45, 2.75) is 32.1 Å². The Labute approximate surface area is 79.2 Å². The van der Waals surface area contributed by atoms with E-state index in [2.05, 4.69) is 0 Å². The minimum atomic E-state index is 0.602. The Morgan fingerprint density at radius 2 is 1.46 bits per heavy atom. The third-order valence-corrected chi connectivity index (χ3v) is 4.56. The van der Waals surface area contributed by atoms with Gasteiger partial charge in [-0.2, -0.15) is 0 Å². The molecule has 4 saturated carbocycles. The Bertz CT molecular complexity index is 234. The summed E-state index contributed by atoms with van der Waals surface area (Å²) in [5.74, 6) is 6.34. The summed E-state index contributed by atoms with van der Waals surface area (Å²) in [7, 11) is 0. The number of allylic oxidation sites excluding steroid dienone is 1. The van der Waals surface area contributed by atoms with Gasteiger partial charge in [0.05, 0.1) is 0 Å². The van der Waals surface area contributed by atoms with Crippen molar-refractivity contribution in [3.63, 3.8) is 0 Å². The van der Waals surface area contributed by atoms with Crippen LogP contribution in [0, 0.1) is 29.6 Å². The van der Waals surface area contributed by atoms with Gasteiger partial charge < -0.3 is 0 Å². The van der Waals surface area contributed by atoms with Crippen LogP contribution in [0.4, 0.5) is 0 Å². The number of hydrogen-bond donors (Lipinski definition) is 0. The van der Waals surface area contributed by atoms with Crippen LogP contribution in [0.5, 0.6) is 0 Å². The third kappa shape index (κ3) is 1.10. The zero-order valence-electron chi connectivity index (χ0n) is 7.91. The normalized spacial score (nSPS) is 51.8. The molecule has 13 heavy (non-hydrogen) atoms. The molecule has 0 heterocycles. The van der Waals surface area contributed by atoms with Gasteiger partial charge >= 0.3 is 0 Å². The molecule has 0 N–H and O–H groups in total. The summed E-state index contributed by atoms with van der Waals surface area (Å²) >= 11 is 0. The highest BCUT2D eigenvalue weighted by molar-refractivity contribution is 5.46. The van der Waals surface area contributed by atoms with Crippen LogP contribution in [0.3, 0.4) is 0 Å². The Kier molecular flexibility index (Phi) is 1.63. The first-order valence-corrected chi connectivity index (χ1v) is 5.58. The molecule has 0 unspecified atom stereocenters. The molecule has 0 aromatic carbocycles. The Morgan fingerprint density at radius 1 is 0.923 bits per heavy atom. The van der Waals surface area contributed by atoms with E-state index >= 15 is 0 Å². The molecule has 0 spiro atoms. The highest BCUT2D eigenvalue weighted by Crippen LogP contribution is 2.56. The quantitative estimate of drug-likeness (QED) is 0.561. The van der Waals surface area contributed by atoms with E-state index in [9.17, 15) is 4.79 Å². The van der Waals surface area contributed by atoms with Gasteiger partial charge in [-0.05, 0) is 61.7 Å². The van der Waals surface area contributed by atoms with Gasteiger partial charge in [0, 0.05) is 6.08 Å². The van der Waals surface area contributed by atoms with E-state index in [1.807, 2.05) is 12.0 Å². The van der Waals surface area contributed by atoms with Crippen LogP contribution >= 0.6 is 0 Å². The molecule has 4 fully saturated rings. The summed E-state index contributed by atoms with van der Waals surface area (Å²) in [5.41, 5.74) is 0. The van der Waals surface area contributed by atoms with Crippen LogP contribution in [0.1, 0.15) is 32.1 Å². The summed E-state index contributed by atoms with van der Waals surface area (Å²) in [6.07, 6.45) is 8.91. The number of carbonyl (C=O) groups excluding carboxylic acids is 1. The van der Waals surface area contributed by atoms with Gasteiger partial charge in [0.15, 0.2) is 0 Å². The molecule has 0 atom stereocenters. The molecule has 0 aromatic heterocycles. The first-order chi connectivity index (χ1) is 6.36. The van der Waals surface area contributed by atoms with E-state index < -0.39 is 0 Å².